The predicted octanol–water partition coefficient (Wildman–Crippen LogP) is 7.20. The molecule has 0 aromatic heterocycles. The van der Waals surface area contributed by atoms with Crippen LogP contribution in [0.1, 0.15) is 25.0 Å². The summed E-state index contributed by atoms with van der Waals surface area (Å²) in [6.07, 6.45) is 6.21. The molecule has 0 amide bonds. The van der Waals surface area contributed by atoms with Crippen molar-refractivity contribution in [3.63, 3.8) is 0 Å². The predicted molar refractivity (Wildman–Crippen MR) is 137 cm³/mol. The molecule has 0 bridgehead atoms. The minimum Gasteiger partial charge on any atom is -0.431 e. The number of hydrogen-bond donors (Lipinski definition) is 0. The Bertz CT molecular complexity index is 1140. The zero-order valence-corrected chi connectivity index (χ0v) is 19.3. The molecule has 3 rings (SSSR count). The van der Waals surface area contributed by atoms with Crippen molar-refractivity contribution in [2.75, 3.05) is 0 Å². The lowest BCUT2D eigenvalue weighted by molar-refractivity contribution is -0.134. The van der Waals surface area contributed by atoms with Gasteiger partial charge in [0.25, 0.3) is 0 Å². The third kappa shape index (κ3) is 6.78. The zero-order valence-electron chi connectivity index (χ0n) is 19.3. The molecule has 3 aromatic carbocycles. The van der Waals surface area contributed by atoms with Crippen molar-refractivity contribution in [2.45, 2.75) is 13.8 Å². The van der Waals surface area contributed by atoms with Crippen LogP contribution in [-0.2, 0) is 19.1 Å². The van der Waals surface area contributed by atoms with E-state index in [0.717, 1.165) is 33.4 Å². The third-order valence-corrected chi connectivity index (χ3v) is 4.94. The molecule has 0 heterocycles. The van der Waals surface area contributed by atoms with Gasteiger partial charge >= 0.3 is 11.9 Å². The number of ether oxygens (including phenoxy) is 2. The van der Waals surface area contributed by atoms with Gasteiger partial charge in [-0.3, -0.25) is 0 Å². The highest BCUT2D eigenvalue weighted by Gasteiger charge is 2.03. The molecular formula is C30H26O4. The second-order valence-corrected chi connectivity index (χ2v) is 7.80. The average Bonchev–Trinajstić information content (AvgIpc) is 2.85. The quantitative estimate of drug-likeness (QED) is 0.207. The number of rotatable bonds is 8. The topological polar surface area (TPSA) is 52.6 Å². The van der Waals surface area contributed by atoms with Crippen LogP contribution in [-0.4, -0.2) is 11.9 Å². The molecule has 0 radical (unpaired) electrons. The molecule has 0 aliphatic rings. The summed E-state index contributed by atoms with van der Waals surface area (Å²) in [7, 11) is 0. The molecule has 4 heteroatoms. The maximum Gasteiger partial charge on any atom is 0.337 e. The van der Waals surface area contributed by atoms with E-state index in [-0.39, 0.29) is 0 Å². The highest BCUT2D eigenvalue weighted by Crippen LogP contribution is 2.26. The van der Waals surface area contributed by atoms with Gasteiger partial charge in [-0.05, 0) is 59.4 Å². The summed E-state index contributed by atoms with van der Waals surface area (Å²) in [4.78, 5) is 22.8. The molecule has 0 unspecified atom stereocenters. The standard InChI is InChI=1S/C30H26O4/c1-21(2)29(31)33-19-17-23-5-9-25(10-6-23)27-13-15-28(16-14-27)26-11-7-24(8-12-26)18-20-34-30(32)22(3)4/h5-20H,1,3H2,2,4H3/b19-17+,20-18+. The average molecular weight is 451 g/mol. The minimum atomic E-state index is -0.442. The number of carbonyl (C=O) groups excluding carboxylic acids is 2. The first-order valence-electron chi connectivity index (χ1n) is 10.7. The van der Waals surface area contributed by atoms with E-state index in [1.165, 1.54) is 12.5 Å². The molecule has 0 aliphatic heterocycles. The van der Waals surface area contributed by atoms with Gasteiger partial charge in [-0.2, -0.15) is 0 Å². The normalized spacial score (nSPS) is 10.9. The maximum atomic E-state index is 11.4. The van der Waals surface area contributed by atoms with E-state index in [1.807, 2.05) is 48.5 Å². The fourth-order valence-corrected chi connectivity index (χ4v) is 2.98. The lowest BCUT2D eigenvalue weighted by Crippen LogP contribution is -1.98. The highest BCUT2D eigenvalue weighted by atomic mass is 16.5. The Hall–Kier alpha value is -4.44. The summed E-state index contributed by atoms with van der Waals surface area (Å²) >= 11 is 0. The Morgan fingerprint density at radius 2 is 0.824 bits per heavy atom. The van der Waals surface area contributed by atoms with Gasteiger partial charge in [0.05, 0.1) is 12.5 Å². The maximum absolute atomic E-state index is 11.4. The smallest absolute Gasteiger partial charge is 0.337 e. The van der Waals surface area contributed by atoms with E-state index in [9.17, 15) is 9.59 Å². The van der Waals surface area contributed by atoms with Crippen molar-refractivity contribution in [3.8, 4) is 22.3 Å². The van der Waals surface area contributed by atoms with Gasteiger partial charge in [0, 0.05) is 11.1 Å². The third-order valence-electron chi connectivity index (χ3n) is 4.94. The molecule has 0 aliphatic carbocycles. The Morgan fingerprint density at radius 3 is 1.09 bits per heavy atom. The minimum absolute atomic E-state index is 0.359. The van der Waals surface area contributed by atoms with E-state index in [1.54, 1.807) is 26.0 Å². The molecule has 0 fully saturated rings. The molecule has 34 heavy (non-hydrogen) atoms. The second-order valence-electron chi connectivity index (χ2n) is 7.80. The summed E-state index contributed by atoms with van der Waals surface area (Å²) < 4.78 is 9.95. The van der Waals surface area contributed by atoms with E-state index in [2.05, 4.69) is 37.4 Å². The molecule has 0 spiro atoms. The second kappa shape index (κ2) is 11.4. The van der Waals surface area contributed by atoms with Crippen LogP contribution in [0.4, 0.5) is 0 Å². The zero-order chi connectivity index (χ0) is 24.5. The Labute approximate surface area is 200 Å². The first-order valence-corrected chi connectivity index (χ1v) is 10.7. The van der Waals surface area contributed by atoms with Crippen molar-refractivity contribution in [1.29, 1.82) is 0 Å². The number of esters is 2. The molecule has 3 aromatic rings. The molecule has 0 N–H and O–H groups in total. The molecular weight excluding hydrogens is 424 g/mol. The SMILES string of the molecule is C=C(C)C(=O)O/C=C/c1ccc(-c2ccc(-c3ccc(/C=C/OC(=O)C(=C)C)cc3)cc2)cc1. The van der Waals surface area contributed by atoms with Crippen molar-refractivity contribution < 1.29 is 19.1 Å². The van der Waals surface area contributed by atoms with Crippen molar-refractivity contribution in [3.05, 3.63) is 121 Å². The van der Waals surface area contributed by atoms with Gasteiger partial charge in [-0.25, -0.2) is 9.59 Å². The molecule has 4 nitrogen and oxygen atoms in total. The summed E-state index contributed by atoms with van der Waals surface area (Å²) in [5.41, 5.74) is 6.96. The summed E-state index contributed by atoms with van der Waals surface area (Å²) in [6, 6.07) is 24.3. The molecule has 170 valence electrons. The van der Waals surface area contributed by atoms with Crippen LogP contribution in [0, 0.1) is 0 Å². The van der Waals surface area contributed by atoms with Gasteiger partial charge in [0.2, 0.25) is 0 Å². The van der Waals surface area contributed by atoms with Gasteiger partial charge in [-0.1, -0.05) is 86.0 Å². The van der Waals surface area contributed by atoms with Crippen LogP contribution in [0.5, 0.6) is 0 Å². The van der Waals surface area contributed by atoms with Gasteiger partial charge in [0.15, 0.2) is 0 Å². The first-order chi connectivity index (χ1) is 16.3. The van der Waals surface area contributed by atoms with Crippen LogP contribution in [0.3, 0.4) is 0 Å². The van der Waals surface area contributed by atoms with Crippen LogP contribution in [0.25, 0.3) is 34.4 Å². The van der Waals surface area contributed by atoms with Crippen molar-refractivity contribution in [2.24, 2.45) is 0 Å². The van der Waals surface area contributed by atoms with Crippen LogP contribution >= 0.6 is 0 Å². The monoisotopic (exact) mass is 450 g/mol. The Kier molecular flexibility index (Phi) is 8.14. The number of hydrogen-bond acceptors (Lipinski definition) is 4. The molecule has 0 saturated carbocycles. The summed E-state index contributed by atoms with van der Waals surface area (Å²) in [6.45, 7) is 10.3. The van der Waals surface area contributed by atoms with Crippen LogP contribution in [0.2, 0.25) is 0 Å². The Morgan fingerprint density at radius 1 is 0.559 bits per heavy atom. The van der Waals surface area contributed by atoms with Gasteiger partial charge < -0.3 is 9.47 Å². The Balaban J connectivity index is 1.62. The largest absolute Gasteiger partial charge is 0.431 e. The van der Waals surface area contributed by atoms with E-state index in [0.29, 0.717) is 11.1 Å². The van der Waals surface area contributed by atoms with Gasteiger partial charge in [0.1, 0.15) is 0 Å². The van der Waals surface area contributed by atoms with E-state index in [4.69, 9.17) is 9.47 Å². The number of benzene rings is 3. The lowest BCUT2D eigenvalue weighted by atomic mass is 9.99. The van der Waals surface area contributed by atoms with Crippen molar-refractivity contribution >= 4 is 24.1 Å². The van der Waals surface area contributed by atoms with E-state index >= 15 is 0 Å². The fourth-order valence-electron chi connectivity index (χ4n) is 2.98. The number of carbonyl (C=O) groups is 2. The summed E-state index contributed by atoms with van der Waals surface area (Å²) in [5.74, 6) is -0.883. The van der Waals surface area contributed by atoms with Crippen LogP contribution < -0.4 is 0 Å². The van der Waals surface area contributed by atoms with Crippen molar-refractivity contribution in [1.82, 2.24) is 0 Å². The molecule has 0 saturated heterocycles. The highest BCUT2D eigenvalue weighted by molar-refractivity contribution is 5.88. The van der Waals surface area contributed by atoms with Crippen LogP contribution in [0.15, 0.2) is 110 Å². The summed E-state index contributed by atoms with van der Waals surface area (Å²) in [5, 5.41) is 0. The fraction of sp³-hybridized carbons (Fsp3) is 0.0667. The lowest BCUT2D eigenvalue weighted by Gasteiger charge is -2.06. The first kappa shape index (κ1) is 24.2. The molecule has 0 atom stereocenters. The van der Waals surface area contributed by atoms with Gasteiger partial charge in [-0.15, -0.1) is 0 Å². The van der Waals surface area contributed by atoms with E-state index < -0.39 is 11.9 Å².